The van der Waals surface area contributed by atoms with Crippen LogP contribution in [0.3, 0.4) is 0 Å². The molecule has 230 valence electrons. The van der Waals surface area contributed by atoms with Crippen LogP contribution in [0.2, 0.25) is 0 Å². The van der Waals surface area contributed by atoms with Crippen molar-refractivity contribution in [3.8, 4) is 5.75 Å². The number of hydrogen-bond acceptors (Lipinski definition) is 5. The van der Waals surface area contributed by atoms with Crippen molar-refractivity contribution in [3.05, 3.63) is 58.7 Å². The molecular formula is C31H34F4N4O4. The van der Waals surface area contributed by atoms with E-state index in [2.05, 4.69) is 14.7 Å². The Morgan fingerprint density at radius 1 is 0.977 bits per heavy atom. The molecule has 12 heteroatoms. The summed E-state index contributed by atoms with van der Waals surface area (Å²) < 4.78 is 62.4. The summed E-state index contributed by atoms with van der Waals surface area (Å²) in [5, 5.41) is 0.814. The number of nitrogens with one attached hydrogen (secondary N) is 1. The Hall–Kier alpha value is -3.83. The Labute approximate surface area is 246 Å². The second-order valence-electron chi connectivity index (χ2n) is 12.8. The Balaban J connectivity index is 1.16. The molecule has 2 amide bonds. The summed E-state index contributed by atoms with van der Waals surface area (Å²) in [6.45, 7) is 7.53. The number of piperidine rings is 1. The van der Waals surface area contributed by atoms with Gasteiger partial charge in [0, 0.05) is 48.4 Å². The number of likely N-dealkylation sites (tertiary alicyclic amines) is 2. The average molecular weight is 603 g/mol. The fraction of sp³-hybridized carbons (Fsp3) is 0.516. The third-order valence-electron chi connectivity index (χ3n) is 8.69. The molecule has 6 rings (SSSR count). The zero-order valence-electron chi connectivity index (χ0n) is 24.3. The standard InChI is InChI=1S/C31H34F4N4O4/c1-30(2,3)43-29(41)39-15-19-12-22-24(13-20(19)16-39)37-27-26(22)25(23(32)14-36-27)17-8-10-38(11-9-17)28(40)18-4-6-21(7-5-18)42-31(33,34)35/h4-7,14,17,19-20H,8-13,15-16H2,1-3H3,(H,36,37). The monoisotopic (exact) mass is 602 g/mol. The normalized spacial score (nSPS) is 21.1. The minimum Gasteiger partial charge on any atom is -0.444 e. The van der Waals surface area contributed by atoms with E-state index >= 15 is 4.39 Å². The van der Waals surface area contributed by atoms with Crippen molar-refractivity contribution in [2.24, 2.45) is 11.8 Å². The first-order valence-electron chi connectivity index (χ1n) is 14.6. The van der Waals surface area contributed by atoms with Crippen molar-refractivity contribution in [3.63, 3.8) is 0 Å². The maximum Gasteiger partial charge on any atom is 0.573 e. The van der Waals surface area contributed by atoms with E-state index in [0.717, 1.165) is 35.2 Å². The highest BCUT2D eigenvalue weighted by Gasteiger charge is 2.42. The van der Waals surface area contributed by atoms with Gasteiger partial charge in [0.05, 0.1) is 6.20 Å². The number of aromatic nitrogens is 2. The van der Waals surface area contributed by atoms with E-state index in [-0.39, 0.29) is 41.1 Å². The highest BCUT2D eigenvalue weighted by molar-refractivity contribution is 5.94. The molecule has 2 aromatic heterocycles. The van der Waals surface area contributed by atoms with E-state index in [9.17, 15) is 22.8 Å². The fourth-order valence-electron chi connectivity index (χ4n) is 6.82. The van der Waals surface area contributed by atoms with Gasteiger partial charge in [-0.05, 0) is 94.0 Å². The van der Waals surface area contributed by atoms with Gasteiger partial charge in [0.25, 0.3) is 5.91 Å². The molecule has 4 heterocycles. The number of pyridine rings is 1. The van der Waals surface area contributed by atoms with Crippen molar-refractivity contribution < 1.29 is 36.6 Å². The summed E-state index contributed by atoms with van der Waals surface area (Å²) in [5.41, 5.74) is 3.06. The highest BCUT2D eigenvalue weighted by Crippen LogP contribution is 2.43. The molecule has 1 aromatic carbocycles. The number of fused-ring (bicyclic) bond motifs is 4. The van der Waals surface area contributed by atoms with Gasteiger partial charge in [0.15, 0.2) is 0 Å². The lowest BCUT2D eigenvalue weighted by atomic mass is 9.78. The van der Waals surface area contributed by atoms with E-state index in [1.165, 1.54) is 18.3 Å². The number of carbonyl (C=O) groups is 2. The van der Waals surface area contributed by atoms with Gasteiger partial charge in [-0.2, -0.15) is 0 Å². The summed E-state index contributed by atoms with van der Waals surface area (Å²) in [5.74, 6) is -0.665. The molecule has 3 aromatic rings. The van der Waals surface area contributed by atoms with Crippen molar-refractivity contribution in [2.45, 2.75) is 64.3 Å². The van der Waals surface area contributed by atoms with Crippen LogP contribution in [0.5, 0.6) is 5.75 Å². The molecule has 2 atom stereocenters. The molecule has 2 fully saturated rings. The van der Waals surface area contributed by atoms with Gasteiger partial charge in [0.2, 0.25) is 0 Å². The van der Waals surface area contributed by atoms with Crippen LogP contribution in [0.25, 0.3) is 11.0 Å². The molecule has 1 N–H and O–H groups in total. The summed E-state index contributed by atoms with van der Waals surface area (Å²) in [6.07, 6.45) is -1.33. The van der Waals surface area contributed by atoms with Gasteiger partial charge in [-0.15, -0.1) is 13.2 Å². The Morgan fingerprint density at radius 2 is 1.63 bits per heavy atom. The van der Waals surface area contributed by atoms with Crippen molar-refractivity contribution in [1.29, 1.82) is 0 Å². The van der Waals surface area contributed by atoms with E-state index in [4.69, 9.17) is 4.74 Å². The number of H-pyrrole nitrogens is 1. The maximum absolute atomic E-state index is 15.5. The molecule has 0 spiro atoms. The lowest BCUT2D eigenvalue weighted by molar-refractivity contribution is -0.274. The minimum atomic E-state index is -4.81. The molecule has 8 nitrogen and oxygen atoms in total. The summed E-state index contributed by atoms with van der Waals surface area (Å²) in [7, 11) is 0. The molecule has 0 bridgehead atoms. The average Bonchev–Trinajstić information content (AvgIpc) is 3.51. The number of hydrogen-bond donors (Lipinski definition) is 1. The quantitative estimate of drug-likeness (QED) is 0.361. The number of halogens is 4. The first-order chi connectivity index (χ1) is 20.3. The number of alkyl halides is 3. The van der Waals surface area contributed by atoms with E-state index in [0.29, 0.717) is 56.7 Å². The number of amides is 2. The summed E-state index contributed by atoms with van der Waals surface area (Å²) in [6, 6.07) is 4.86. The Kier molecular flexibility index (Phi) is 7.29. The second-order valence-corrected chi connectivity index (χ2v) is 12.8. The Morgan fingerprint density at radius 3 is 2.26 bits per heavy atom. The van der Waals surface area contributed by atoms with Crippen molar-refractivity contribution >= 4 is 23.0 Å². The molecule has 3 aliphatic rings. The van der Waals surface area contributed by atoms with Gasteiger partial charge < -0.3 is 24.3 Å². The van der Waals surface area contributed by atoms with Crippen molar-refractivity contribution in [1.82, 2.24) is 19.8 Å². The van der Waals surface area contributed by atoms with Crippen LogP contribution in [-0.4, -0.2) is 69.9 Å². The number of carbonyl (C=O) groups excluding carboxylic acids is 2. The van der Waals surface area contributed by atoms with Crippen LogP contribution < -0.4 is 4.74 Å². The van der Waals surface area contributed by atoms with Gasteiger partial charge in [-0.25, -0.2) is 14.2 Å². The largest absolute Gasteiger partial charge is 0.573 e. The first-order valence-corrected chi connectivity index (χ1v) is 14.6. The third kappa shape index (κ3) is 6.01. The minimum absolute atomic E-state index is 0.128. The topological polar surface area (TPSA) is 87.8 Å². The predicted octanol–water partition coefficient (Wildman–Crippen LogP) is 6.20. The molecular weight excluding hydrogens is 568 g/mol. The lowest BCUT2D eigenvalue weighted by Crippen LogP contribution is -2.38. The molecule has 2 aliphatic heterocycles. The zero-order valence-corrected chi connectivity index (χ0v) is 24.3. The lowest BCUT2D eigenvalue weighted by Gasteiger charge is -2.33. The number of aromatic amines is 1. The number of rotatable bonds is 3. The zero-order chi connectivity index (χ0) is 30.7. The smallest absolute Gasteiger partial charge is 0.444 e. The van der Waals surface area contributed by atoms with E-state index in [1.807, 2.05) is 20.8 Å². The first kappa shape index (κ1) is 29.3. The van der Waals surface area contributed by atoms with Gasteiger partial charge >= 0.3 is 12.5 Å². The highest BCUT2D eigenvalue weighted by atomic mass is 19.4. The molecule has 2 saturated heterocycles. The molecule has 43 heavy (non-hydrogen) atoms. The maximum atomic E-state index is 15.5. The fourth-order valence-corrected chi connectivity index (χ4v) is 6.82. The van der Waals surface area contributed by atoms with Crippen LogP contribution in [0.15, 0.2) is 30.5 Å². The van der Waals surface area contributed by atoms with E-state index in [1.54, 1.807) is 9.80 Å². The number of nitrogens with zero attached hydrogens (tertiary/aromatic N) is 3. The number of ether oxygens (including phenoxy) is 2. The van der Waals surface area contributed by atoms with Crippen LogP contribution in [0.1, 0.15) is 66.7 Å². The second kappa shape index (κ2) is 10.7. The van der Waals surface area contributed by atoms with Crippen LogP contribution >= 0.6 is 0 Å². The molecule has 2 unspecified atom stereocenters. The van der Waals surface area contributed by atoms with Crippen molar-refractivity contribution in [2.75, 3.05) is 26.2 Å². The summed E-state index contributed by atoms with van der Waals surface area (Å²) >= 11 is 0. The van der Waals surface area contributed by atoms with Crippen LogP contribution in [0, 0.1) is 17.7 Å². The third-order valence-corrected chi connectivity index (χ3v) is 8.69. The molecule has 1 aliphatic carbocycles. The van der Waals surface area contributed by atoms with Gasteiger partial charge in [-0.3, -0.25) is 4.79 Å². The van der Waals surface area contributed by atoms with Gasteiger partial charge in [0.1, 0.15) is 22.8 Å². The van der Waals surface area contributed by atoms with Crippen LogP contribution in [-0.2, 0) is 17.6 Å². The number of benzene rings is 1. The molecule has 0 saturated carbocycles. The van der Waals surface area contributed by atoms with E-state index < -0.39 is 17.7 Å². The van der Waals surface area contributed by atoms with Crippen LogP contribution in [0.4, 0.5) is 22.4 Å². The summed E-state index contributed by atoms with van der Waals surface area (Å²) in [4.78, 5) is 37.0. The predicted molar refractivity (Wildman–Crippen MR) is 149 cm³/mol. The Bertz CT molecular complexity index is 1540. The SMILES string of the molecule is CC(C)(C)OC(=O)N1CC2Cc3[nH]c4ncc(F)c(C5CCN(C(=O)c6ccc(OC(F)(F)F)cc6)CC5)c4c3CC2C1. The molecule has 0 radical (unpaired) electrons. The van der Waals surface area contributed by atoms with Gasteiger partial charge in [-0.1, -0.05) is 0 Å².